The molecule has 170 valence electrons. The first-order valence-corrected chi connectivity index (χ1v) is 12.2. The molecule has 0 atom stereocenters. The minimum absolute atomic E-state index is 0.203. The highest BCUT2D eigenvalue weighted by Crippen LogP contribution is 2.27. The lowest BCUT2D eigenvalue weighted by Gasteiger charge is -2.15. The molecule has 4 heterocycles. The van der Waals surface area contributed by atoms with E-state index >= 15 is 0 Å². The van der Waals surface area contributed by atoms with Gasteiger partial charge in [0.1, 0.15) is 22.7 Å². The Kier molecular flexibility index (Phi) is 6.71. The molecule has 0 aliphatic carbocycles. The summed E-state index contributed by atoms with van der Waals surface area (Å²) in [5.74, 6) is 1.45. The highest BCUT2D eigenvalue weighted by atomic mass is 79.9. The molecule has 4 rings (SSSR count). The lowest BCUT2D eigenvalue weighted by atomic mass is 10.1. The number of pyridine rings is 2. The molecule has 9 heteroatoms. The smallest absolute Gasteiger partial charge is 0.273 e. The third kappa shape index (κ3) is 4.89. The molecule has 0 aliphatic rings. The second-order valence-electron chi connectivity index (χ2n) is 8.06. The Labute approximate surface area is 204 Å². The number of ether oxygens (including phenoxy) is 1. The summed E-state index contributed by atoms with van der Waals surface area (Å²) in [6.45, 7) is 10.2. The topological polar surface area (TPSA) is 82.8 Å². The summed E-state index contributed by atoms with van der Waals surface area (Å²) in [6, 6.07) is 5.53. The molecule has 0 saturated carbocycles. The van der Waals surface area contributed by atoms with Gasteiger partial charge in [-0.3, -0.25) is 14.3 Å². The fourth-order valence-corrected chi connectivity index (χ4v) is 4.42. The Balaban J connectivity index is 1.71. The van der Waals surface area contributed by atoms with Gasteiger partial charge in [-0.05, 0) is 54.4 Å². The molecule has 33 heavy (non-hydrogen) atoms. The van der Waals surface area contributed by atoms with Gasteiger partial charge in [0.15, 0.2) is 0 Å². The van der Waals surface area contributed by atoms with Crippen molar-refractivity contribution in [2.75, 3.05) is 0 Å². The van der Waals surface area contributed by atoms with Crippen molar-refractivity contribution in [2.45, 2.75) is 47.1 Å². The summed E-state index contributed by atoms with van der Waals surface area (Å²) < 4.78 is 7.88. The zero-order valence-electron chi connectivity index (χ0n) is 19.1. The summed E-state index contributed by atoms with van der Waals surface area (Å²) in [7, 11) is 0. The van der Waals surface area contributed by atoms with E-state index in [0.29, 0.717) is 28.2 Å². The molecule has 0 fully saturated rings. The van der Waals surface area contributed by atoms with Crippen LogP contribution >= 0.6 is 27.3 Å². The monoisotopic (exact) mass is 525 g/mol. The number of halogens is 1. The van der Waals surface area contributed by atoms with Gasteiger partial charge in [0.25, 0.3) is 5.56 Å². The fourth-order valence-electron chi connectivity index (χ4n) is 3.41. The van der Waals surface area contributed by atoms with E-state index in [-0.39, 0.29) is 11.5 Å². The Morgan fingerprint density at radius 3 is 2.64 bits per heavy atom. The maximum Gasteiger partial charge on any atom is 0.273 e. The van der Waals surface area contributed by atoms with E-state index < -0.39 is 0 Å². The van der Waals surface area contributed by atoms with Crippen LogP contribution in [0.3, 0.4) is 0 Å². The fraction of sp³-hybridized carbons (Fsp3) is 0.292. The average molecular weight is 526 g/mol. The lowest BCUT2D eigenvalue weighted by Crippen LogP contribution is -2.22. The van der Waals surface area contributed by atoms with Crippen LogP contribution in [0, 0.1) is 20.8 Å². The van der Waals surface area contributed by atoms with Crippen LogP contribution in [0.5, 0.6) is 5.75 Å². The van der Waals surface area contributed by atoms with Gasteiger partial charge in [-0.25, -0.2) is 15.0 Å². The molecular formula is C24H24BrN5O2S. The minimum atomic E-state index is -0.209. The number of thiazole rings is 1. The Hall–Kier alpha value is -2.91. The van der Waals surface area contributed by atoms with Gasteiger partial charge in [0.2, 0.25) is 0 Å². The van der Waals surface area contributed by atoms with E-state index in [1.807, 2.05) is 50.5 Å². The number of nitrogens with zero attached hydrogens (tertiary/aromatic N) is 5. The van der Waals surface area contributed by atoms with Gasteiger partial charge >= 0.3 is 0 Å². The number of aryl methyl sites for hydroxylation is 3. The first-order chi connectivity index (χ1) is 15.7. The van der Waals surface area contributed by atoms with Crippen LogP contribution in [0.25, 0.3) is 17.1 Å². The largest absolute Gasteiger partial charge is 0.486 e. The molecule has 7 nitrogen and oxygen atoms in total. The van der Waals surface area contributed by atoms with Crippen molar-refractivity contribution in [3.8, 4) is 22.8 Å². The van der Waals surface area contributed by atoms with E-state index in [1.54, 1.807) is 22.1 Å². The molecule has 4 aromatic rings. The summed E-state index contributed by atoms with van der Waals surface area (Å²) >= 11 is 5.00. The number of hydrogen-bond donors (Lipinski definition) is 0. The predicted octanol–water partition coefficient (Wildman–Crippen LogP) is 5.54. The maximum absolute atomic E-state index is 13.3. The average Bonchev–Trinajstić information content (AvgIpc) is 3.21. The summed E-state index contributed by atoms with van der Waals surface area (Å²) in [5.41, 5.74) is 4.45. The zero-order chi connectivity index (χ0) is 23.7. The van der Waals surface area contributed by atoms with Crippen LogP contribution in [0.2, 0.25) is 0 Å². The third-order valence-electron chi connectivity index (χ3n) is 5.09. The molecule has 0 aliphatic heterocycles. The van der Waals surface area contributed by atoms with Crippen molar-refractivity contribution in [3.05, 3.63) is 78.6 Å². The summed E-state index contributed by atoms with van der Waals surface area (Å²) in [6.07, 6.45) is 3.51. The van der Waals surface area contributed by atoms with Crippen LogP contribution in [0.4, 0.5) is 0 Å². The number of hydrogen-bond acceptors (Lipinski definition) is 7. The van der Waals surface area contributed by atoms with E-state index in [0.717, 1.165) is 33.5 Å². The van der Waals surface area contributed by atoms with Crippen molar-refractivity contribution in [3.63, 3.8) is 0 Å². The third-order valence-corrected chi connectivity index (χ3v) is 6.65. The van der Waals surface area contributed by atoms with Gasteiger partial charge in [-0.15, -0.1) is 11.3 Å². The molecule has 0 saturated heterocycles. The molecule has 4 aromatic heterocycles. The normalized spacial score (nSPS) is 11.2. The highest BCUT2D eigenvalue weighted by Gasteiger charge is 2.16. The molecule has 0 amide bonds. The first kappa shape index (κ1) is 23.3. The highest BCUT2D eigenvalue weighted by molar-refractivity contribution is 9.10. The molecule has 0 bridgehead atoms. The van der Waals surface area contributed by atoms with Crippen molar-refractivity contribution < 1.29 is 4.74 Å². The zero-order valence-corrected chi connectivity index (χ0v) is 21.5. The molecule has 0 aromatic carbocycles. The van der Waals surface area contributed by atoms with Crippen molar-refractivity contribution in [1.29, 1.82) is 0 Å². The Morgan fingerprint density at radius 2 is 1.94 bits per heavy atom. The van der Waals surface area contributed by atoms with E-state index in [1.165, 1.54) is 0 Å². The van der Waals surface area contributed by atoms with Crippen LogP contribution in [0.15, 0.2) is 45.2 Å². The van der Waals surface area contributed by atoms with Gasteiger partial charge in [0, 0.05) is 35.5 Å². The number of aromatic nitrogens is 5. The maximum atomic E-state index is 13.3. The van der Waals surface area contributed by atoms with E-state index in [9.17, 15) is 4.79 Å². The number of rotatable bonds is 6. The second-order valence-corrected chi connectivity index (χ2v) is 9.92. The molecule has 0 radical (unpaired) electrons. The van der Waals surface area contributed by atoms with Crippen molar-refractivity contribution in [2.24, 2.45) is 0 Å². The van der Waals surface area contributed by atoms with Crippen molar-refractivity contribution >= 4 is 27.3 Å². The van der Waals surface area contributed by atoms with Gasteiger partial charge in [0.05, 0.1) is 27.8 Å². The van der Waals surface area contributed by atoms with Crippen molar-refractivity contribution in [1.82, 2.24) is 24.5 Å². The van der Waals surface area contributed by atoms with E-state index in [4.69, 9.17) is 9.72 Å². The Bertz CT molecular complexity index is 1380. The summed E-state index contributed by atoms with van der Waals surface area (Å²) in [5, 5.41) is 2.93. The summed E-state index contributed by atoms with van der Waals surface area (Å²) in [4.78, 5) is 31.3. The molecule has 0 N–H and O–H groups in total. The van der Waals surface area contributed by atoms with Crippen LogP contribution in [0.1, 0.15) is 47.5 Å². The predicted molar refractivity (Wildman–Crippen MR) is 133 cm³/mol. The SMILES string of the molecule is Cc1nc(COc2cc(C)n(-c3ccnc(-c4nc(C(C)C)ncc4C)c3)c(=O)c2Br)cs1. The van der Waals surface area contributed by atoms with E-state index in [2.05, 4.69) is 44.7 Å². The quantitative estimate of drug-likeness (QED) is 0.328. The standard InChI is InChI=1S/C24H24BrN5O2S/c1-13(2)23-27-10-14(3)22(29-23)19-9-18(6-7-26-19)30-15(4)8-20(21(25)24(30)31)32-11-17-12-33-16(5)28-17/h6-10,12-13H,11H2,1-5H3. The molecular weight excluding hydrogens is 502 g/mol. The minimum Gasteiger partial charge on any atom is -0.486 e. The molecule has 0 spiro atoms. The van der Waals surface area contributed by atoms with Crippen LogP contribution in [-0.4, -0.2) is 24.5 Å². The second kappa shape index (κ2) is 9.52. The van der Waals surface area contributed by atoms with Crippen LogP contribution < -0.4 is 10.3 Å². The van der Waals surface area contributed by atoms with Gasteiger partial charge in [-0.2, -0.15) is 0 Å². The van der Waals surface area contributed by atoms with Gasteiger partial charge in [-0.1, -0.05) is 13.8 Å². The lowest BCUT2D eigenvalue weighted by molar-refractivity contribution is 0.298. The van der Waals surface area contributed by atoms with Gasteiger partial charge < -0.3 is 4.74 Å². The Morgan fingerprint density at radius 1 is 1.15 bits per heavy atom. The first-order valence-electron chi connectivity index (χ1n) is 10.5. The van der Waals surface area contributed by atoms with Crippen LogP contribution in [-0.2, 0) is 6.61 Å². The molecule has 0 unspecified atom stereocenters.